The summed E-state index contributed by atoms with van der Waals surface area (Å²) >= 11 is 0. The number of aromatic nitrogens is 4. The van der Waals surface area contributed by atoms with E-state index in [1.54, 1.807) is 0 Å². The molecule has 0 saturated heterocycles. The van der Waals surface area contributed by atoms with Crippen LogP contribution < -0.4 is 5.32 Å². The van der Waals surface area contributed by atoms with Gasteiger partial charge in [-0.25, -0.2) is 9.97 Å². The number of para-hydroxylation sites is 1. The number of nitrogens with one attached hydrogen (secondary N) is 2. The standard InChI is InChI=1S/C22H21N5O/c1-2-7-15(8-3-1)13-23-21-17-10-6-12-28-14-19(17)24-22(25-21)20-16-9-4-5-11-18(16)26-27-20/h1-5,7-9,11H,6,10,12-14H2,(H,26,27)(H,23,24,25). The molecule has 1 aliphatic rings. The van der Waals surface area contributed by atoms with Gasteiger partial charge in [0, 0.05) is 24.1 Å². The molecule has 3 heterocycles. The van der Waals surface area contributed by atoms with E-state index in [-0.39, 0.29) is 0 Å². The van der Waals surface area contributed by atoms with Crippen LogP contribution in [0.3, 0.4) is 0 Å². The summed E-state index contributed by atoms with van der Waals surface area (Å²) in [6.45, 7) is 1.97. The Morgan fingerprint density at radius 2 is 1.86 bits per heavy atom. The van der Waals surface area contributed by atoms with Crippen LogP contribution in [-0.2, 0) is 24.3 Å². The molecule has 0 amide bonds. The maximum atomic E-state index is 5.75. The first-order chi connectivity index (χ1) is 13.9. The number of nitrogens with zero attached hydrogens (tertiary/aromatic N) is 3. The van der Waals surface area contributed by atoms with Crippen molar-refractivity contribution >= 4 is 16.7 Å². The molecule has 0 spiro atoms. The molecule has 0 atom stereocenters. The van der Waals surface area contributed by atoms with Crippen molar-refractivity contribution in [3.63, 3.8) is 0 Å². The molecule has 4 aromatic rings. The summed E-state index contributed by atoms with van der Waals surface area (Å²) in [4.78, 5) is 9.70. The van der Waals surface area contributed by atoms with Gasteiger partial charge in [-0.3, -0.25) is 5.10 Å². The van der Waals surface area contributed by atoms with Crippen LogP contribution in [0.4, 0.5) is 5.82 Å². The Balaban J connectivity index is 1.57. The Bertz CT molecular complexity index is 1110. The van der Waals surface area contributed by atoms with E-state index in [1.165, 1.54) is 5.56 Å². The highest BCUT2D eigenvalue weighted by Gasteiger charge is 2.20. The van der Waals surface area contributed by atoms with Crippen LogP contribution in [0.25, 0.3) is 22.4 Å². The number of benzene rings is 2. The largest absolute Gasteiger partial charge is 0.375 e. The van der Waals surface area contributed by atoms with Gasteiger partial charge in [0.05, 0.1) is 17.8 Å². The average molecular weight is 371 g/mol. The van der Waals surface area contributed by atoms with E-state index in [4.69, 9.17) is 14.7 Å². The van der Waals surface area contributed by atoms with Crippen LogP contribution in [-0.4, -0.2) is 26.8 Å². The van der Waals surface area contributed by atoms with Crippen LogP contribution in [0.2, 0.25) is 0 Å². The lowest BCUT2D eigenvalue weighted by atomic mass is 10.1. The van der Waals surface area contributed by atoms with Gasteiger partial charge in [-0.05, 0) is 24.5 Å². The van der Waals surface area contributed by atoms with Crippen molar-refractivity contribution in [2.75, 3.05) is 11.9 Å². The topological polar surface area (TPSA) is 75.7 Å². The van der Waals surface area contributed by atoms with Crippen LogP contribution in [0, 0.1) is 0 Å². The highest BCUT2D eigenvalue weighted by Crippen LogP contribution is 2.29. The van der Waals surface area contributed by atoms with Crippen LogP contribution in [0.1, 0.15) is 23.2 Å². The minimum Gasteiger partial charge on any atom is -0.375 e. The lowest BCUT2D eigenvalue weighted by Crippen LogP contribution is -2.10. The summed E-state index contributed by atoms with van der Waals surface area (Å²) in [5, 5.41) is 12.1. The van der Waals surface area contributed by atoms with Crippen molar-refractivity contribution in [2.24, 2.45) is 0 Å². The molecule has 5 rings (SSSR count). The number of ether oxygens (including phenoxy) is 1. The fourth-order valence-corrected chi connectivity index (χ4v) is 3.60. The molecule has 2 aromatic heterocycles. The Morgan fingerprint density at radius 3 is 2.79 bits per heavy atom. The minimum atomic E-state index is 0.507. The van der Waals surface area contributed by atoms with E-state index in [0.29, 0.717) is 19.0 Å². The molecule has 6 heteroatoms. The molecule has 2 N–H and O–H groups in total. The van der Waals surface area contributed by atoms with Crippen molar-refractivity contribution < 1.29 is 4.74 Å². The first-order valence-electron chi connectivity index (χ1n) is 9.57. The first kappa shape index (κ1) is 16.9. The number of rotatable bonds is 4. The van der Waals surface area contributed by atoms with Gasteiger partial charge in [0.1, 0.15) is 11.5 Å². The van der Waals surface area contributed by atoms with Gasteiger partial charge in [0.2, 0.25) is 0 Å². The number of fused-ring (bicyclic) bond motifs is 2. The third kappa shape index (κ3) is 3.23. The summed E-state index contributed by atoms with van der Waals surface area (Å²) < 4.78 is 5.75. The molecule has 0 radical (unpaired) electrons. The van der Waals surface area contributed by atoms with Crippen molar-refractivity contribution in [3.05, 3.63) is 71.4 Å². The Morgan fingerprint density at radius 1 is 1.00 bits per heavy atom. The van der Waals surface area contributed by atoms with E-state index in [2.05, 4.69) is 27.6 Å². The molecule has 6 nitrogen and oxygen atoms in total. The van der Waals surface area contributed by atoms with Crippen molar-refractivity contribution in [1.82, 2.24) is 20.2 Å². The van der Waals surface area contributed by atoms with Gasteiger partial charge >= 0.3 is 0 Å². The molecule has 28 heavy (non-hydrogen) atoms. The third-order valence-corrected chi connectivity index (χ3v) is 5.03. The van der Waals surface area contributed by atoms with Crippen molar-refractivity contribution in [1.29, 1.82) is 0 Å². The van der Waals surface area contributed by atoms with E-state index in [1.807, 2.05) is 42.5 Å². The third-order valence-electron chi connectivity index (χ3n) is 5.03. The predicted octanol–water partition coefficient (Wildman–Crippen LogP) is 4.09. The molecule has 0 saturated carbocycles. The maximum absolute atomic E-state index is 5.75. The number of hydrogen-bond acceptors (Lipinski definition) is 5. The van der Waals surface area contributed by atoms with Gasteiger partial charge in [0.25, 0.3) is 0 Å². The van der Waals surface area contributed by atoms with Gasteiger partial charge in [-0.15, -0.1) is 0 Å². The second-order valence-electron chi connectivity index (χ2n) is 6.93. The molecule has 0 fully saturated rings. The molecule has 0 bridgehead atoms. The molecule has 140 valence electrons. The smallest absolute Gasteiger partial charge is 0.183 e. The number of aromatic amines is 1. The number of H-pyrrole nitrogens is 1. The first-order valence-corrected chi connectivity index (χ1v) is 9.57. The lowest BCUT2D eigenvalue weighted by molar-refractivity contribution is 0.122. The second kappa shape index (κ2) is 7.40. The zero-order chi connectivity index (χ0) is 18.8. The van der Waals surface area contributed by atoms with E-state index in [0.717, 1.165) is 53.1 Å². The second-order valence-corrected chi connectivity index (χ2v) is 6.93. The summed E-state index contributed by atoms with van der Waals surface area (Å²) in [5.74, 6) is 1.50. The van der Waals surface area contributed by atoms with E-state index >= 15 is 0 Å². The molecule has 0 unspecified atom stereocenters. The highest BCUT2D eigenvalue weighted by atomic mass is 16.5. The zero-order valence-corrected chi connectivity index (χ0v) is 15.5. The van der Waals surface area contributed by atoms with Gasteiger partial charge in [-0.1, -0.05) is 48.5 Å². The molecule has 0 aliphatic carbocycles. The van der Waals surface area contributed by atoms with Gasteiger partial charge < -0.3 is 10.1 Å². The number of hydrogen-bond donors (Lipinski definition) is 2. The monoisotopic (exact) mass is 371 g/mol. The quantitative estimate of drug-likeness (QED) is 0.565. The molecular formula is C22H21N5O. The fourth-order valence-electron chi connectivity index (χ4n) is 3.60. The minimum absolute atomic E-state index is 0.507. The summed E-state index contributed by atoms with van der Waals surface area (Å²) in [6.07, 6.45) is 1.88. The van der Waals surface area contributed by atoms with Crippen LogP contribution in [0.15, 0.2) is 54.6 Å². The van der Waals surface area contributed by atoms with Crippen LogP contribution in [0.5, 0.6) is 0 Å². The Kier molecular flexibility index (Phi) is 4.47. The van der Waals surface area contributed by atoms with E-state index < -0.39 is 0 Å². The summed E-state index contributed by atoms with van der Waals surface area (Å²) in [6, 6.07) is 18.4. The Hall–Kier alpha value is -3.25. The van der Waals surface area contributed by atoms with E-state index in [9.17, 15) is 0 Å². The summed E-state index contributed by atoms with van der Waals surface area (Å²) in [7, 11) is 0. The average Bonchev–Trinajstić information content (AvgIpc) is 3.03. The molecular weight excluding hydrogens is 350 g/mol. The zero-order valence-electron chi connectivity index (χ0n) is 15.5. The molecule has 2 aromatic carbocycles. The SMILES string of the molecule is c1ccc(CNc2nc(-c3n[nH]c4ccccc34)nc3c2CCCOC3)cc1. The highest BCUT2D eigenvalue weighted by molar-refractivity contribution is 5.91. The normalized spacial score (nSPS) is 13.9. The summed E-state index contributed by atoms with van der Waals surface area (Å²) in [5.41, 5.74) is 5.06. The Labute approximate surface area is 163 Å². The van der Waals surface area contributed by atoms with Gasteiger partial charge in [0.15, 0.2) is 5.82 Å². The van der Waals surface area contributed by atoms with Crippen LogP contribution >= 0.6 is 0 Å². The van der Waals surface area contributed by atoms with Crippen molar-refractivity contribution in [2.45, 2.75) is 26.0 Å². The van der Waals surface area contributed by atoms with Crippen molar-refractivity contribution in [3.8, 4) is 11.5 Å². The predicted molar refractivity (Wildman–Crippen MR) is 109 cm³/mol. The maximum Gasteiger partial charge on any atom is 0.183 e. The lowest BCUT2D eigenvalue weighted by Gasteiger charge is -2.14. The molecule has 1 aliphatic heterocycles. The van der Waals surface area contributed by atoms with Gasteiger partial charge in [-0.2, -0.15) is 5.10 Å². The number of anilines is 1. The fraction of sp³-hybridized carbons (Fsp3) is 0.227.